The van der Waals surface area contributed by atoms with Crippen molar-refractivity contribution in [1.29, 1.82) is 0 Å². The molecule has 4 nitrogen and oxygen atoms in total. The number of benzene rings is 1. The molecule has 0 amide bonds. The average Bonchev–Trinajstić information content (AvgIpc) is 2.47. The second-order valence-corrected chi connectivity index (χ2v) is 7.04. The summed E-state index contributed by atoms with van der Waals surface area (Å²) in [5, 5.41) is 0. The van der Waals surface area contributed by atoms with Crippen LogP contribution in [0.2, 0.25) is 0 Å². The number of halogens is 1. The largest absolute Gasteiger partial charge is 0.330 e. The minimum Gasteiger partial charge on any atom is -0.330 e. The summed E-state index contributed by atoms with van der Waals surface area (Å²) in [5.74, 6) is 0.290. The first-order valence-electron chi connectivity index (χ1n) is 6.87. The molecule has 0 bridgehead atoms. The summed E-state index contributed by atoms with van der Waals surface area (Å²) in [6.45, 7) is 3.77. The van der Waals surface area contributed by atoms with Crippen molar-refractivity contribution >= 4 is 22.4 Å². The van der Waals surface area contributed by atoms with Gasteiger partial charge < -0.3 is 5.73 Å². The normalized spacial score (nSPS) is 20.4. The van der Waals surface area contributed by atoms with Gasteiger partial charge in [0, 0.05) is 13.1 Å². The van der Waals surface area contributed by atoms with Crippen LogP contribution in [0.15, 0.2) is 29.2 Å². The van der Waals surface area contributed by atoms with Crippen molar-refractivity contribution < 1.29 is 8.42 Å². The summed E-state index contributed by atoms with van der Waals surface area (Å²) in [4.78, 5) is 0.391. The van der Waals surface area contributed by atoms with E-state index in [-0.39, 0.29) is 12.4 Å². The molecule has 1 fully saturated rings. The van der Waals surface area contributed by atoms with E-state index >= 15 is 0 Å². The third-order valence-corrected chi connectivity index (χ3v) is 5.66. The molecule has 114 valence electrons. The maximum atomic E-state index is 12.5. The van der Waals surface area contributed by atoms with E-state index in [4.69, 9.17) is 5.73 Å². The number of rotatable bonds is 4. The molecule has 0 saturated carbocycles. The van der Waals surface area contributed by atoms with Gasteiger partial charge in [-0.25, -0.2) is 8.42 Å². The van der Waals surface area contributed by atoms with Gasteiger partial charge >= 0.3 is 0 Å². The van der Waals surface area contributed by atoms with Gasteiger partial charge in [-0.1, -0.05) is 19.1 Å². The maximum Gasteiger partial charge on any atom is 0.243 e. The summed E-state index contributed by atoms with van der Waals surface area (Å²) in [6, 6.07) is 7.19. The van der Waals surface area contributed by atoms with Gasteiger partial charge in [0.25, 0.3) is 0 Å². The minimum atomic E-state index is -3.35. The number of hydrogen-bond acceptors (Lipinski definition) is 3. The van der Waals surface area contributed by atoms with Crippen LogP contribution in [0.25, 0.3) is 0 Å². The Labute approximate surface area is 127 Å². The fourth-order valence-corrected chi connectivity index (χ4v) is 4.04. The number of hydrogen-bond donors (Lipinski definition) is 1. The van der Waals surface area contributed by atoms with Crippen molar-refractivity contribution in [2.75, 3.05) is 19.6 Å². The van der Waals surface area contributed by atoms with Crippen molar-refractivity contribution in [2.24, 2.45) is 11.7 Å². The van der Waals surface area contributed by atoms with E-state index in [1.807, 2.05) is 12.1 Å². The number of nitrogens with zero attached hydrogens (tertiary/aromatic N) is 1. The molecule has 6 heteroatoms. The summed E-state index contributed by atoms with van der Waals surface area (Å²) < 4.78 is 26.6. The van der Waals surface area contributed by atoms with Gasteiger partial charge in [0.2, 0.25) is 10.0 Å². The molecule has 0 spiro atoms. The third-order valence-electron chi connectivity index (χ3n) is 3.78. The van der Waals surface area contributed by atoms with Crippen LogP contribution in [0, 0.1) is 5.92 Å². The molecular formula is C14H23ClN2O2S. The van der Waals surface area contributed by atoms with Gasteiger partial charge in [-0.05, 0) is 49.4 Å². The Hall–Kier alpha value is -0.620. The first kappa shape index (κ1) is 17.4. The van der Waals surface area contributed by atoms with Gasteiger partial charge in [-0.15, -0.1) is 12.4 Å². The Morgan fingerprint density at radius 2 is 1.95 bits per heavy atom. The van der Waals surface area contributed by atoms with Gasteiger partial charge in [-0.3, -0.25) is 0 Å². The van der Waals surface area contributed by atoms with Crippen molar-refractivity contribution in [3.8, 4) is 0 Å². The summed E-state index contributed by atoms with van der Waals surface area (Å²) in [6.07, 6.45) is 2.84. The van der Waals surface area contributed by atoms with E-state index in [1.54, 1.807) is 16.4 Å². The highest BCUT2D eigenvalue weighted by molar-refractivity contribution is 7.89. The Morgan fingerprint density at radius 1 is 1.30 bits per heavy atom. The van der Waals surface area contributed by atoms with Crippen LogP contribution >= 0.6 is 12.4 Å². The molecule has 1 aromatic rings. The van der Waals surface area contributed by atoms with Crippen LogP contribution in [-0.2, 0) is 16.4 Å². The highest BCUT2D eigenvalue weighted by Crippen LogP contribution is 2.23. The molecule has 1 atom stereocenters. The average molecular weight is 319 g/mol. The van der Waals surface area contributed by atoms with Crippen LogP contribution in [0.5, 0.6) is 0 Å². The molecule has 0 aromatic heterocycles. The number of sulfonamides is 1. The van der Waals surface area contributed by atoms with Crippen molar-refractivity contribution in [2.45, 2.75) is 31.1 Å². The molecule has 20 heavy (non-hydrogen) atoms. The molecule has 1 aromatic carbocycles. The van der Waals surface area contributed by atoms with Crippen molar-refractivity contribution in [3.05, 3.63) is 29.8 Å². The standard InChI is InChI=1S/C14H22N2O2S.ClH/c1-2-12-5-7-14(8-6-12)19(17,18)16-9-3-4-13(10-15)11-16;/h5-8,13H,2-4,9-11,15H2,1H3;1H. The number of aryl methyl sites for hydroxylation is 1. The third kappa shape index (κ3) is 3.73. The van der Waals surface area contributed by atoms with E-state index < -0.39 is 10.0 Å². The van der Waals surface area contributed by atoms with Crippen LogP contribution in [0.1, 0.15) is 25.3 Å². The molecule has 2 N–H and O–H groups in total. The Morgan fingerprint density at radius 3 is 2.50 bits per heavy atom. The van der Waals surface area contributed by atoms with Crippen LogP contribution in [0.3, 0.4) is 0 Å². The zero-order valence-electron chi connectivity index (χ0n) is 11.8. The second-order valence-electron chi connectivity index (χ2n) is 5.10. The zero-order valence-corrected chi connectivity index (χ0v) is 13.4. The van der Waals surface area contributed by atoms with E-state index in [0.29, 0.717) is 30.4 Å². The van der Waals surface area contributed by atoms with Crippen molar-refractivity contribution in [1.82, 2.24) is 4.31 Å². The summed E-state index contributed by atoms with van der Waals surface area (Å²) in [7, 11) is -3.35. The number of piperidine rings is 1. The Balaban J connectivity index is 0.00000200. The predicted octanol–water partition coefficient (Wildman–Crippen LogP) is 2.03. The zero-order chi connectivity index (χ0) is 13.9. The first-order chi connectivity index (χ1) is 9.07. The molecule has 1 saturated heterocycles. The molecule has 0 radical (unpaired) electrons. The molecule has 1 unspecified atom stereocenters. The highest BCUT2D eigenvalue weighted by Gasteiger charge is 2.29. The lowest BCUT2D eigenvalue weighted by Gasteiger charge is -2.31. The van der Waals surface area contributed by atoms with Gasteiger partial charge in [-0.2, -0.15) is 4.31 Å². The van der Waals surface area contributed by atoms with Gasteiger partial charge in [0.15, 0.2) is 0 Å². The van der Waals surface area contributed by atoms with E-state index in [9.17, 15) is 8.42 Å². The second kappa shape index (κ2) is 7.41. The Bertz CT molecular complexity index is 516. The molecule has 1 aliphatic rings. The van der Waals surface area contributed by atoms with E-state index in [1.165, 1.54) is 0 Å². The van der Waals surface area contributed by atoms with Crippen LogP contribution in [0.4, 0.5) is 0 Å². The predicted molar refractivity (Wildman–Crippen MR) is 83.6 cm³/mol. The lowest BCUT2D eigenvalue weighted by atomic mass is 10.0. The monoisotopic (exact) mass is 318 g/mol. The maximum absolute atomic E-state index is 12.5. The van der Waals surface area contributed by atoms with Gasteiger partial charge in [0.05, 0.1) is 4.90 Å². The summed E-state index contributed by atoms with van der Waals surface area (Å²) >= 11 is 0. The van der Waals surface area contributed by atoms with Crippen molar-refractivity contribution in [3.63, 3.8) is 0 Å². The summed E-state index contributed by atoms with van der Waals surface area (Å²) in [5.41, 5.74) is 6.81. The SMILES string of the molecule is CCc1ccc(S(=O)(=O)N2CCCC(CN)C2)cc1.Cl. The molecule has 1 aliphatic heterocycles. The quantitative estimate of drug-likeness (QED) is 0.924. The van der Waals surface area contributed by atoms with Crippen LogP contribution < -0.4 is 5.73 Å². The lowest BCUT2D eigenvalue weighted by Crippen LogP contribution is -2.41. The minimum absolute atomic E-state index is 0. The first-order valence-corrected chi connectivity index (χ1v) is 8.31. The van der Waals surface area contributed by atoms with Crippen LogP contribution in [-0.4, -0.2) is 32.4 Å². The number of nitrogens with two attached hydrogens (primary N) is 1. The van der Waals surface area contributed by atoms with E-state index in [0.717, 1.165) is 24.8 Å². The molecule has 2 rings (SSSR count). The van der Waals surface area contributed by atoms with E-state index in [2.05, 4.69) is 6.92 Å². The highest BCUT2D eigenvalue weighted by atomic mass is 35.5. The fourth-order valence-electron chi connectivity index (χ4n) is 2.48. The Kier molecular flexibility index (Phi) is 6.45. The molecular weight excluding hydrogens is 296 g/mol. The molecule has 1 heterocycles. The van der Waals surface area contributed by atoms with Gasteiger partial charge in [0.1, 0.15) is 0 Å². The lowest BCUT2D eigenvalue weighted by molar-refractivity contribution is 0.271. The molecule has 0 aliphatic carbocycles. The fraction of sp³-hybridized carbons (Fsp3) is 0.571. The smallest absolute Gasteiger partial charge is 0.243 e. The topological polar surface area (TPSA) is 63.4 Å².